The molecule has 7 nitrogen and oxygen atoms in total. The van der Waals surface area contributed by atoms with Crippen LogP contribution in [0.5, 0.6) is 0 Å². The lowest BCUT2D eigenvalue weighted by Gasteiger charge is -2.47. The standard InChI is InChI=1S/C20H23N5O2/c26-19-17-7-4-8-23(17)20(27)18-14-22(9-10-24(18)19)12-15-11-21-25(13-15)16-5-2-1-3-6-16/h1-3,5-6,11,13,17-18H,4,7-10,12,14H2/t17-,18+/m0/s1. The van der Waals surface area contributed by atoms with Gasteiger partial charge in [-0.1, -0.05) is 18.2 Å². The fraction of sp³-hybridized carbons (Fsp3) is 0.450. The summed E-state index contributed by atoms with van der Waals surface area (Å²) in [5.41, 5.74) is 2.14. The van der Waals surface area contributed by atoms with Crippen LogP contribution in [-0.2, 0) is 16.1 Å². The van der Waals surface area contributed by atoms with Gasteiger partial charge < -0.3 is 9.80 Å². The van der Waals surface area contributed by atoms with Gasteiger partial charge in [0, 0.05) is 44.5 Å². The summed E-state index contributed by atoms with van der Waals surface area (Å²) in [7, 11) is 0. The Labute approximate surface area is 158 Å². The van der Waals surface area contributed by atoms with Crippen LogP contribution in [0.3, 0.4) is 0 Å². The molecule has 27 heavy (non-hydrogen) atoms. The van der Waals surface area contributed by atoms with Gasteiger partial charge in [0.25, 0.3) is 0 Å². The smallest absolute Gasteiger partial charge is 0.247 e. The van der Waals surface area contributed by atoms with Crippen LogP contribution in [0, 0.1) is 0 Å². The highest BCUT2D eigenvalue weighted by Gasteiger charge is 2.49. The van der Waals surface area contributed by atoms with Crippen LogP contribution in [0.4, 0.5) is 0 Å². The first-order chi connectivity index (χ1) is 13.2. The number of fused-ring (bicyclic) bond motifs is 2. The van der Waals surface area contributed by atoms with Crippen LogP contribution in [0.1, 0.15) is 18.4 Å². The number of hydrogen-bond acceptors (Lipinski definition) is 4. The first-order valence-electron chi connectivity index (χ1n) is 9.63. The van der Waals surface area contributed by atoms with Gasteiger partial charge in [-0.3, -0.25) is 14.5 Å². The Bertz CT molecular complexity index is 864. The molecule has 1 aromatic carbocycles. The van der Waals surface area contributed by atoms with Gasteiger partial charge in [-0.2, -0.15) is 5.10 Å². The lowest BCUT2D eigenvalue weighted by molar-refractivity contribution is -0.163. The van der Waals surface area contributed by atoms with Crippen molar-refractivity contribution in [1.82, 2.24) is 24.5 Å². The lowest BCUT2D eigenvalue weighted by atomic mass is 10.0. The van der Waals surface area contributed by atoms with Crippen LogP contribution in [0.2, 0.25) is 0 Å². The largest absolute Gasteiger partial charge is 0.329 e. The van der Waals surface area contributed by atoms with E-state index in [1.807, 2.05) is 52.3 Å². The predicted molar refractivity (Wildman–Crippen MR) is 99.1 cm³/mol. The summed E-state index contributed by atoms with van der Waals surface area (Å²) >= 11 is 0. The summed E-state index contributed by atoms with van der Waals surface area (Å²) in [4.78, 5) is 31.5. The fourth-order valence-corrected chi connectivity index (χ4v) is 4.55. The Balaban J connectivity index is 1.29. The molecule has 0 bridgehead atoms. The molecule has 3 saturated heterocycles. The third-order valence-corrected chi connectivity index (χ3v) is 5.92. The maximum absolute atomic E-state index is 12.9. The van der Waals surface area contributed by atoms with Gasteiger partial charge in [0.1, 0.15) is 12.1 Å². The molecule has 3 aliphatic rings. The SMILES string of the molecule is O=C1[C@@H]2CCCN2C(=O)[C@H]2CN(Cc3cnn(-c4ccccc4)c3)CCN12. The number of para-hydroxylation sites is 1. The molecule has 4 heterocycles. The number of carbonyl (C=O) groups excluding carboxylic acids is 2. The summed E-state index contributed by atoms with van der Waals surface area (Å²) in [6, 6.07) is 9.48. The minimum atomic E-state index is -0.329. The van der Waals surface area contributed by atoms with Crippen LogP contribution >= 0.6 is 0 Å². The number of benzene rings is 1. The number of piperazine rings is 2. The van der Waals surface area contributed by atoms with E-state index in [9.17, 15) is 9.59 Å². The summed E-state index contributed by atoms with van der Waals surface area (Å²) in [5.74, 6) is 0.274. The van der Waals surface area contributed by atoms with Crippen LogP contribution in [0.25, 0.3) is 5.69 Å². The van der Waals surface area contributed by atoms with Crippen molar-refractivity contribution >= 4 is 11.8 Å². The van der Waals surface area contributed by atoms with Crippen LogP contribution in [0.15, 0.2) is 42.7 Å². The van der Waals surface area contributed by atoms with Gasteiger partial charge in [-0.25, -0.2) is 4.68 Å². The Morgan fingerprint density at radius 3 is 2.59 bits per heavy atom. The quantitative estimate of drug-likeness (QED) is 0.811. The minimum Gasteiger partial charge on any atom is -0.329 e. The third-order valence-electron chi connectivity index (χ3n) is 5.92. The maximum Gasteiger partial charge on any atom is 0.247 e. The van der Waals surface area contributed by atoms with Crippen molar-refractivity contribution < 1.29 is 9.59 Å². The second kappa shape index (κ2) is 6.49. The second-order valence-electron chi connectivity index (χ2n) is 7.60. The van der Waals surface area contributed by atoms with Crippen molar-refractivity contribution in [2.45, 2.75) is 31.5 Å². The molecule has 2 amide bonds. The minimum absolute atomic E-state index is 0.127. The predicted octanol–water partition coefficient (Wildman–Crippen LogP) is 0.890. The lowest BCUT2D eigenvalue weighted by Crippen LogP contribution is -2.68. The van der Waals surface area contributed by atoms with E-state index in [4.69, 9.17) is 0 Å². The fourth-order valence-electron chi connectivity index (χ4n) is 4.55. The molecule has 3 aliphatic heterocycles. The van der Waals surface area contributed by atoms with Crippen molar-refractivity contribution in [3.05, 3.63) is 48.3 Å². The average Bonchev–Trinajstić information content (AvgIpc) is 3.37. The molecule has 3 fully saturated rings. The van der Waals surface area contributed by atoms with Crippen molar-refractivity contribution in [2.24, 2.45) is 0 Å². The first-order valence-corrected chi connectivity index (χ1v) is 9.63. The number of nitrogens with zero attached hydrogens (tertiary/aromatic N) is 5. The average molecular weight is 365 g/mol. The number of aromatic nitrogens is 2. The van der Waals surface area contributed by atoms with E-state index in [0.29, 0.717) is 13.1 Å². The molecule has 0 saturated carbocycles. The molecular weight excluding hydrogens is 342 g/mol. The Morgan fingerprint density at radius 2 is 1.74 bits per heavy atom. The molecule has 0 aliphatic carbocycles. The number of carbonyl (C=O) groups is 2. The monoisotopic (exact) mass is 365 g/mol. The van der Waals surface area contributed by atoms with Crippen LogP contribution in [-0.4, -0.2) is 74.6 Å². The van der Waals surface area contributed by atoms with E-state index in [-0.39, 0.29) is 23.9 Å². The van der Waals surface area contributed by atoms with Gasteiger partial charge in [0.2, 0.25) is 11.8 Å². The highest BCUT2D eigenvalue weighted by atomic mass is 16.2. The topological polar surface area (TPSA) is 61.7 Å². The van der Waals surface area contributed by atoms with Crippen LogP contribution < -0.4 is 0 Å². The van der Waals surface area contributed by atoms with E-state index in [2.05, 4.69) is 10.00 Å². The molecule has 0 spiro atoms. The summed E-state index contributed by atoms with van der Waals surface area (Å²) in [6.07, 6.45) is 5.66. The Kier molecular flexibility index (Phi) is 3.97. The molecule has 7 heteroatoms. The summed E-state index contributed by atoms with van der Waals surface area (Å²) in [5, 5.41) is 4.45. The number of amides is 2. The van der Waals surface area contributed by atoms with Gasteiger partial charge >= 0.3 is 0 Å². The van der Waals surface area contributed by atoms with E-state index in [1.54, 1.807) is 4.90 Å². The zero-order valence-electron chi connectivity index (χ0n) is 15.2. The molecule has 0 radical (unpaired) electrons. The number of rotatable bonds is 3. The van der Waals surface area contributed by atoms with Crippen molar-refractivity contribution in [2.75, 3.05) is 26.2 Å². The zero-order chi connectivity index (χ0) is 18.4. The highest BCUT2D eigenvalue weighted by Crippen LogP contribution is 2.29. The van der Waals surface area contributed by atoms with Gasteiger partial charge in [0.15, 0.2) is 0 Å². The zero-order valence-corrected chi connectivity index (χ0v) is 15.2. The Hall–Kier alpha value is -2.67. The molecular formula is C20H23N5O2. The number of hydrogen-bond donors (Lipinski definition) is 0. The van der Waals surface area contributed by atoms with Gasteiger partial charge in [-0.15, -0.1) is 0 Å². The molecule has 5 rings (SSSR count). The van der Waals surface area contributed by atoms with E-state index >= 15 is 0 Å². The second-order valence-corrected chi connectivity index (χ2v) is 7.60. The molecule has 2 atom stereocenters. The molecule has 1 aromatic heterocycles. The first kappa shape index (κ1) is 16.5. The summed E-state index contributed by atoms with van der Waals surface area (Å²) in [6.45, 7) is 3.49. The molecule has 2 aromatic rings. The normalized spacial score (nSPS) is 25.6. The van der Waals surface area contributed by atoms with E-state index < -0.39 is 0 Å². The molecule has 140 valence electrons. The maximum atomic E-state index is 12.9. The summed E-state index contributed by atoms with van der Waals surface area (Å²) < 4.78 is 1.87. The van der Waals surface area contributed by atoms with Gasteiger partial charge in [-0.05, 0) is 25.0 Å². The van der Waals surface area contributed by atoms with Crippen molar-refractivity contribution in [1.29, 1.82) is 0 Å². The van der Waals surface area contributed by atoms with Gasteiger partial charge in [0.05, 0.1) is 11.9 Å². The highest BCUT2D eigenvalue weighted by molar-refractivity contribution is 5.97. The Morgan fingerprint density at radius 1 is 0.963 bits per heavy atom. The van der Waals surface area contributed by atoms with E-state index in [1.165, 1.54) is 0 Å². The van der Waals surface area contributed by atoms with Crippen molar-refractivity contribution in [3.63, 3.8) is 0 Å². The molecule has 0 unspecified atom stereocenters. The van der Waals surface area contributed by atoms with E-state index in [0.717, 1.165) is 43.7 Å². The molecule has 0 N–H and O–H groups in total. The third kappa shape index (κ3) is 2.82. The van der Waals surface area contributed by atoms with Crippen molar-refractivity contribution in [3.8, 4) is 5.69 Å².